The lowest BCUT2D eigenvalue weighted by Crippen LogP contribution is -2.41. The van der Waals surface area contributed by atoms with Crippen molar-refractivity contribution in [2.24, 2.45) is 0 Å². The number of fused-ring (bicyclic) bond motifs is 1. The fourth-order valence-corrected chi connectivity index (χ4v) is 2.52. The summed E-state index contributed by atoms with van der Waals surface area (Å²) in [5, 5.41) is 11.1. The molecular formula is C16H22NO+. The summed E-state index contributed by atoms with van der Waals surface area (Å²) < 4.78 is 2.32. The highest BCUT2D eigenvalue weighted by atomic mass is 16.3. The second-order valence-corrected chi connectivity index (χ2v) is 5.54. The predicted molar refractivity (Wildman–Crippen MR) is 75.0 cm³/mol. The first kappa shape index (κ1) is 12.9. The van der Waals surface area contributed by atoms with Gasteiger partial charge in [0.05, 0.1) is 5.39 Å². The number of nitrogens with zero attached hydrogens (tertiary/aromatic N) is 1. The summed E-state index contributed by atoms with van der Waals surface area (Å²) in [5.74, 6) is 0.873. The summed E-state index contributed by atoms with van der Waals surface area (Å²) in [4.78, 5) is 0. The highest BCUT2D eigenvalue weighted by molar-refractivity contribution is 5.83. The van der Waals surface area contributed by atoms with Crippen LogP contribution in [0.4, 0.5) is 0 Å². The van der Waals surface area contributed by atoms with Crippen LogP contribution in [-0.4, -0.2) is 5.11 Å². The van der Waals surface area contributed by atoms with E-state index in [-0.39, 0.29) is 0 Å². The zero-order chi connectivity index (χ0) is 13.4. The third-order valence-corrected chi connectivity index (χ3v) is 3.46. The van der Waals surface area contributed by atoms with E-state index in [0.717, 1.165) is 16.5 Å². The average molecular weight is 244 g/mol. The molecule has 0 bridgehead atoms. The Morgan fingerprint density at radius 3 is 2.22 bits per heavy atom. The van der Waals surface area contributed by atoms with E-state index in [2.05, 4.69) is 44.4 Å². The minimum Gasteiger partial charge on any atom is -0.507 e. The number of phenols is 1. The van der Waals surface area contributed by atoms with Gasteiger partial charge in [-0.3, -0.25) is 0 Å². The third kappa shape index (κ3) is 1.96. The number of aromatic hydroxyl groups is 1. The Kier molecular flexibility index (Phi) is 3.29. The molecular weight excluding hydrogens is 222 g/mol. The first-order chi connectivity index (χ1) is 8.43. The predicted octanol–water partition coefficient (Wildman–Crippen LogP) is 3.85. The van der Waals surface area contributed by atoms with Crippen LogP contribution in [0.15, 0.2) is 24.3 Å². The molecule has 1 N–H and O–H groups in total. The van der Waals surface area contributed by atoms with Gasteiger partial charge in [-0.25, -0.2) is 0 Å². The van der Waals surface area contributed by atoms with Crippen molar-refractivity contribution in [2.75, 3.05) is 0 Å². The minimum atomic E-state index is 0.383. The van der Waals surface area contributed by atoms with Crippen molar-refractivity contribution in [2.45, 2.75) is 46.6 Å². The number of benzene rings is 1. The van der Waals surface area contributed by atoms with Crippen molar-refractivity contribution in [3.63, 3.8) is 0 Å². The number of aromatic nitrogens is 1. The lowest BCUT2D eigenvalue weighted by atomic mass is 10.0. The Morgan fingerprint density at radius 1 is 1.00 bits per heavy atom. The molecule has 0 aliphatic heterocycles. The van der Waals surface area contributed by atoms with Crippen molar-refractivity contribution in [1.82, 2.24) is 0 Å². The Hall–Kier alpha value is -1.57. The van der Waals surface area contributed by atoms with Crippen LogP contribution < -0.4 is 4.57 Å². The van der Waals surface area contributed by atoms with E-state index in [0.29, 0.717) is 17.7 Å². The van der Waals surface area contributed by atoms with Gasteiger partial charge in [-0.1, -0.05) is 13.8 Å². The molecule has 0 aliphatic rings. The van der Waals surface area contributed by atoms with Crippen molar-refractivity contribution in [3.05, 3.63) is 35.5 Å². The first-order valence-corrected chi connectivity index (χ1v) is 6.60. The van der Waals surface area contributed by atoms with E-state index < -0.39 is 0 Å². The van der Waals surface area contributed by atoms with Gasteiger partial charge in [-0.05, 0) is 38.5 Å². The van der Waals surface area contributed by atoms with Crippen LogP contribution in [0.2, 0.25) is 0 Å². The summed E-state index contributed by atoms with van der Waals surface area (Å²) in [6.45, 7) is 10.7. The van der Waals surface area contributed by atoms with E-state index in [1.54, 1.807) is 0 Å². The zero-order valence-corrected chi connectivity index (χ0v) is 11.9. The molecule has 1 heterocycles. The highest BCUT2D eigenvalue weighted by Gasteiger charge is 2.22. The van der Waals surface area contributed by atoms with Gasteiger partial charge in [0.25, 0.3) is 0 Å². The van der Waals surface area contributed by atoms with Gasteiger partial charge in [0.2, 0.25) is 5.52 Å². The Labute approximate surface area is 109 Å². The Morgan fingerprint density at radius 2 is 1.67 bits per heavy atom. The lowest BCUT2D eigenvalue weighted by molar-refractivity contribution is -0.699. The molecule has 2 nitrogen and oxygen atoms in total. The van der Waals surface area contributed by atoms with E-state index >= 15 is 0 Å². The summed E-state index contributed by atoms with van der Waals surface area (Å²) in [6, 6.07) is 8.64. The van der Waals surface area contributed by atoms with Gasteiger partial charge in [-0.15, -0.1) is 0 Å². The molecule has 0 fully saturated rings. The largest absolute Gasteiger partial charge is 0.507 e. The van der Waals surface area contributed by atoms with Crippen molar-refractivity contribution in [3.8, 4) is 5.75 Å². The van der Waals surface area contributed by atoms with Gasteiger partial charge in [0.15, 0.2) is 11.7 Å². The van der Waals surface area contributed by atoms with Crippen LogP contribution in [0.5, 0.6) is 5.75 Å². The normalized spacial score (nSPS) is 11.7. The molecule has 2 aromatic rings. The van der Waals surface area contributed by atoms with Crippen molar-refractivity contribution >= 4 is 10.9 Å². The quantitative estimate of drug-likeness (QED) is 0.797. The summed E-state index contributed by atoms with van der Waals surface area (Å²) in [5.41, 5.74) is 3.34. The molecule has 2 heteroatoms. The summed E-state index contributed by atoms with van der Waals surface area (Å²) in [7, 11) is 0. The maximum Gasteiger partial charge on any atom is 0.216 e. The van der Waals surface area contributed by atoms with Gasteiger partial charge < -0.3 is 5.11 Å². The van der Waals surface area contributed by atoms with Crippen LogP contribution in [0.3, 0.4) is 0 Å². The lowest BCUT2D eigenvalue weighted by Gasteiger charge is -2.13. The molecule has 0 amide bonds. The first-order valence-electron chi connectivity index (χ1n) is 6.60. The highest BCUT2D eigenvalue weighted by Crippen LogP contribution is 2.28. The summed E-state index contributed by atoms with van der Waals surface area (Å²) >= 11 is 0. The molecule has 0 atom stereocenters. The number of phenolic OH excluding ortho intramolecular Hbond substituents is 1. The molecule has 1 aromatic carbocycles. The van der Waals surface area contributed by atoms with Crippen LogP contribution in [-0.2, 0) is 0 Å². The smallest absolute Gasteiger partial charge is 0.216 e. The molecule has 0 radical (unpaired) electrons. The standard InChI is InChI=1S/C16H21NO/c1-10(2)14-9-7-13-15(17(14)11(3)4)8-6-12(5)16(13)18/h6-11H,1-5H3/p+1. The van der Waals surface area contributed by atoms with Crippen LogP contribution in [0.25, 0.3) is 10.9 Å². The van der Waals surface area contributed by atoms with Gasteiger partial charge in [0.1, 0.15) is 5.75 Å². The van der Waals surface area contributed by atoms with Crippen LogP contribution >= 0.6 is 0 Å². The van der Waals surface area contributed by atoms with Gasteiger partial charge in [0, 0.05) is 18.1 Å². The number of hydrogen-bond acceptors (Lipinski definition) is 1. The molecule has 0 aliphatic carbocycles. The second kappa shape index (κ2) is 4.60. The van der Waals surface area contributed by atoms with E-state index in [1.165, 1.54) is 5.69 Å². The van der Waals surface area contributed by atoms with Crippen molar-refractivity contribution < 1.29 is 9.67 Å². The molecule has 2 rings (SSSR count). The molecule has 0 unspecified atom stereocenters. The number of rotatable bonds is 2. The molecule has 1 aromatic heterocycles. The second-order valence-electron chi connectivity index (χ2n) is 5.54. The van der Waals surface area contributed by atoms with E-state index in [1.807, 2.05) is 19.1 Å². The Balaban J connectivity index is 2.87. The van der Waals surface area contributed by atoms with Gasteiger partial charge >= 0.3 is 0 Å². The fourth-order valence-electron chi connectivity index (χ4n) is 2.52. The Bertz CT molecular complexity index is 585. The molecule has 0 saturated carbocycles. The number of hydrogen-bond donors (Lipinski definition) is 1. The monoisotopic (exact) mass is 244 g/mol. The SMILES string of the molecule is Cc1ccc2c(ccc(C(C)C)[n+]2C(C)C)c1O. The average Bonchev–Trinajstić information content (AvgIpc) is 2.32. The van der Waals surface area contributed by atoms with Crippen LogP contribution in [0, 0.1) is 6.92 Å². The zero-order valence-electron chi connectivity index (χ0n) is 11.9. The van der Waals surface area contributed by atoms with Gasteiger partial charge in [-0.2, -0.15) is 4.57 Å². The summed E-state index contributed by atoms with van der Waals surface area (Å²) in [6.07, 6.45) is 0. The number of aryl methyl sites for hydroxylation is 1. The topological polar surface area (TPSA) is 24.1 Å². The maximum atomic E-state index is 10.2. The fraction of sp³-hybridized carbons (Fsp3) is 0.438. The van der Waals surface area contributed by atoms with E-state index in [9.17, 15) is 5.11 Å². The maximum absolute atomic E-state index is 10.2. The number of pyridine rings is 1. The van der Waals surface area contributed by atoms with E-state index in [4.69, 9.17) is 0 Å². The molecule has 18 heavy (non-hydrogen) atoms. The molecule has 0 saturated heterocycles. The van der Waals surface area contributed by atoms with Crippen molar-refractivity contribution in [1.29, 1.82) is 0 Å². The molecule has 0 spiro atoms. The van der Waals surface area contributed by atoms with Crippen LogP contribution in [0.1, 0.15) is 50.9 Å². The third-order valence-electron chi connectivity index (χ3n) is 3.46. The minimum absolute atomic E-state index is 0.383. The molecule has 96 valence electrons.